The Morgan fingerprint density at radius 2 is 1.80 bits per heavy atom. The Bertz CT molecular complexity index is 219. The van der Waals surface area contributed by atoms with Crippen LogP contribution in [0, 0.1) is 0 Å². The molecule has 1 aromatic rings. The number of aromatic nitrogens is 1. The molecule has 1 aromatic heterocycles. The maximum atomic E-state index is 4.16. The summed E-state index contributed by atoms with van der Waals surface area (Å²) < 4.78 is 1.99. The second-order valence-corrected chi connectivity index (χ2v) is 3.76. The van der Waals surface area contributed by atoms with Crippen molar-refractivity contribution >= 4 is 44.5 Å². The van der Waals surface area contributed by atoms with E-state index >= 15 is 0 Å². The van der Waals surface area contributed by atoms with E-state index in [0.717, 1.165) is 14.5 Å². The zero-order valence-electron chi connectivity index (χ0n) is 5.01. The molecule has 0 aliphatic heterocycles. The summed E-state index contributed by atoms with van der Waals surface area (Å²) in [6.45, 7) is 0. The lowest BCUT2D eigenvalue weighted by Crippen LogP contribution is -1.84. The topological polar surface area (TPSA) is 12.9 Å². The molecule has 0 spiro atoms. The van der Waals surface area contributed by atoms with Crippen LogP contribution in [-0.2, 0) is 5.75 Å². The average molecular weight is 283 g/mol. The first kappa shape index (κ1) is 8.56. The molecule has 10 heavy (non-hydrogen) atoms. The summed E-state index contributed by atoms with van der Waals surface area (Å²) in [6, 6.07) is 0. The quantitative estimate of drug-likeness (QED) is 0.782. The normalized spacial score (nSPS) is 9.90. The molecule has 1 rings (SSSR count). The predicted molar refractivity (Wildman–Crippen MR) is 52.3 cm³/mol. The van der Waals surface area contributed by atoms with Crippen LogP contribution in [-0.4, -0.2) is 4.98 Å². The summed E-state index contributed by atoms with van der Waals surface area (Å²) in [7, 11) is 0. The fraction of sp³-hybridized carbons (Fsp3) is 0.167. The minimum atomic E-state index is 0.712. The maximum Gasteiger partial charge on any atom is 0.0414 e. The van der Waals surface area contributed by atoms with Gasteiger partial charge in [-0.05, 0) is 37.4 Å². The maximum absolute atomic E-state index is 4.16. The molecule has 1 nitrogen and oxygen atoms in total. The molecule has 4 heteroatoms. The van der Waals surface area contributed by atoms with Crippen LogP contribution >= 0.6 is 44.5 Å². The molecule has 0 amide bonds. The Morgan fingerprint density at radius 3 is 2.10 bits per heavy atom. The smallest absolute Gasteiger partial charge is 0.0414 e. The van der Waals surface area contributed by atoms with Gasteiger partial charge in [0.25, 0.3) is 0 Å². The molecule has 0 bridgehead atoms. The third kappa shape index (κ3) is 1.74. The van der Waals surface area contributed by atoms with E-state index in [2.05, 4.69) is 49.5 Å². The summed E-state index contributed by atoms with van der Waals surface area (Å²) in [5.74, 6) is 0.712. The van der Waals surface area contributed by atoms with Crippen molar-refractivity contribution in [2.45, 2.75) is 5.75 Å². The van der Waals surface area contributed by atoms with Crippen molar-refractivity contribution in [1.29, 1.82) is 0 Å². The van der Waals surface area contributed by atoms with E-state index in [1.54, 1.807) is 12.4 Å². The Labute approximate surface area is 81.9 Å². The minimum absolute atomic E-state index is 0.712. The minimum Gasteiger partial charge on any atom is -0.262 e. The van der Waals surface area contributed by atoms with Gasteiger partial charge in [-0.15, -0.1) is 0 Å². The standard InChI is InChI=1S/C6H5Br2NS/c7-5-1-9-2-6(8)4(5)3-10/h1-2,10H,3H2. The molecule has 0 unspecified atom stereocenters. The number of thiol groups is 1. The SMILES string of the molecule is SCc1c(Br)cncc1Br. The van der Waals surface area contributed by atoms with E-state index < -0.39 is 0 Å². The van der Waals surface area contributed by atoms with Gasteiger partial charge in [-0.25, -0.2) is 0 Å². The van der Waals surface area contributed by atoms with Crippen LogP contribution in [0.3, 0.4) is 0 Å². The first-order chi connectivity index (χ1) is 4.75. The highest BCUT2D eigenvalue weighted by Crippen LogP contribution is 2.24. The fourth-order valence-electron chi connectivity index (χ4n) is 0.589. The monoisotopic (exact) mass is 281 g/mol. The van der Waals surface area contributed by atoms with E-state index in [-0.39, 0.29) is 0 Å². The van der Waals surface area contributed by atoms with Crippen molar-refractivity contribution in [2.75, 3.05) is 0 Å². The summed E-state index contributed by atoms with van der Waals surface area (Å²) in [5.41, 5.74) is 1.14. The molecule has 0 aliphatic carbocycles. The molecule has 0 atom stereocenters. The van der Waals surface area contributed by atoms with E-state index in [0.29, 0.717) is 5.75 Å². The van der Waals surface area contributed by atoms with Crippen molar-refractivity contribution < 1.29 is 0 Å². The highest BCUT2D eigenvalue weighted by atomic mass is 79.9. The molecule has 0 fully saturated rings. The molecule has 54 valence electrons. The first-order valence-electron chi connectivity index (χ1n) is 2.64. The Kier molecular flexibility index (Phi) is 3.20. The van der Waals surface area contributed by atoms with Gasteiger partial charge >= 0.3 is 0 Å². The molecule has 0 saturated heterocycles. The summed E-state index contributed by atoms with van der Waals surface area (Å²) >= 11 is 10.9. The van der Waals surface area contributed by atoms with Gasteiger partial charge in [0.2, 0.25) is 0 Å². The zero-order valence-corrected chi connectivity index (χ0v) is 9.08. The highest BCUT2D eigenvalue weighted by Gasteiger charge is 2.01. The van der Waals surface area contributed by atoms with E-state index in [9.17, 15) is 0 Å². The Balaban J connectivity index is 3.17. The molecule has 0 N–H and O–H groups in total. The van der Waals surface area contributed by atoms with Gasteiger partial charge in [-0.3, -0.25) is 4.98 Å². The van der Waals surface area contributed by atoms with Crippen LogP contribution in [0.4, 0.5) is 0 Å². The van der Waals surface area contributed by atoms with Crippen molar-refractivity contribution in [2.24, 2.45) is 0 Å². The van der Waals surface area contributed by atoms with Gasteiger partial charge in [0.1, 0.15) is 0 Å². The third-order valence-electron chi connectivity index (χ3n) is 1.11. The molecule has 1 heterocycles. The van der Waals surface area contributed by atoms with E-state index in [1.165, 1.54) is 0 Å². The number of halogens is 2. The van der Waals surface area contributed by atoms with Crippen molar-refractivity contribution in [3.63, 3.8) is 0 Å². The summed E-state index contributed by atoms with van der Waals surface area (Å²) in [6.07, 6.45) is 3.52. The van der Waals surface area contributed by atoms with E-state index in [1.807, 2.05) is 0 Å². The Hall–Kier alpha value is 0.460. The lowest BCUT2D eigenvalue weighted by Gasteiger charge is -2.00. The van der Waals surface area contributed by atoms with Crippen LogP contribution < -0.4 is 0 Å². The number of pyridine rings is 1. The van der Waals surface area contributed by atoms with Crippen LogP contribution in [0.25, 0.3) is 0 Å². The first-order valence-corrected chi connectivity index (χ1v) is 4.86. The fourth-order valence-corrected chi connectivity index (χ4v) is 2.57. The van der Waals surface area contributed by atoms with Crippen molar-refractivity contribution in [3.8, 4) is 0 Å². The van der Waals surface area contributed by atoms with Crippen LogP contribution in [0.15, 0.2) is 21.3 Å². The van der Waals surface area contributed by atoms with Crippen LogP contribution in [0.1, 0.15) is 5.56 Å². The predicted octanol–water partition coefficient (Wildman–Crippen LogP) is 3.04. The average Bonchev–Trinajstić information content (AvgIpc) is 1.88. The number of hydrogen-bond donors (Lipinski definition) is 1. The molecular weight excluding hydrogens is 278 g/mol. The summed E-state index contributed by atoms with van der Waals surface area (Å²) in [4.78, 5) is 3.96. The summed E-state index contributed by atoms with van der Waals surface area (Å²) in [5, 5.41) is 0. The van der Waals surface area contributed by atoms with Crippen LogP contribution in [0.5, 0.6) is 0 Å². The van der Waals surface area contributed by atoms with Gasteiger partial charge in [-0.2, -0.15) is 12.6 Å². The number of rotatable bonds is 1. The lowest BCUT2D eigenvalue weighted by molar-refractivity contribution is 1.22. The zero-order chi connectivity index (χ0) is 7.56. The second kappa shape index (κ2) is 3.74. The number of nitrogens with zero attached hydrogens (tertiary/aromatic N) is 1. The van der Waals surface area contributed by atoms with Crippen molar-refractivity contribution in [3.05, 3.63) is 26.9 Å². The number of hydrogen-bond acceptors (Lipinski definition) is 2. The van der Waals surface area contributed by atoms with Gasteiger partial charge in [0, 0.05) is 27.1 Å². The largest absolute Gasteiger partial charge is 0.262 e. The molecule has 0 saturated carbocycles. The van der Waals surface area contributed by atoms with Crippen LogP contribution in [0.2, 0.25) is 0 Å². The van der Waals surface area contributed by atoms with Crippen molar-refractivity contribution in [1.82, 2.24) is 4.98 Å². The molecule has 0 radical (unpaired) electrons. The van der Waals surface area contributed by atoms with Gasteiger partial charge < -0.3 is 0 Å². The molecule has 0 aliphatic rings. The molecule has 0 aromatic carbocycles. The third-order valence-corrected chi connectivity index (χ3v) is 2.79. The van der Waals surface area contributed by atoms with Gasteiger partial charge in [0.05, 0.1) is 0 Å². The van der Waals surface area contributed by atoms with Gasteiger partial charge in [0.15, 0.2) is 0 Å². The Morgan fingerprint density at radius 1 is 1.30 bits per heavy atom. The van der Waals surface area contributed by atoms with E-state index in [4.69, 9.17) is 0 Å². The van der Waals surface area contributed by atoms with Gasteiger partial charge in [-0.1, -0.05) is 0 Å². The highest BCUT2D eigenvalue weighted by molar-refractivity contribution is 9.11. The molecular formula is C6H5Br2NS. The second-order valence-electron chi connectivity index (χ2n) is 1.74. The lowest BCUT2D eigenvalue weighted by atomic mass is 10.3.